The lowest BCUT2D eigenvalue weighted by molar-refractivity contribution is -0.118. The largest absolute Gasteiger partial charge is 0.311 e. The average Bonchev–Trinajstić information content (AvgIpc) is 2.50. The zero-order valence-electron chi connectivity index (χ0n) is 11.7. The number of rotatable bonds is 4. The van der Waals surface area contributed by atoms with Crippen LogP contribution in [0.3, 0.4) is 0 Å². The molecule has 1 unspecified atom stereocenters. The van der Waals surface area contributed by atoms with Crippen molar-refractivity contribution in [3.05, 3.63) is 65.7 Å². The van der Waals surface area contributed by atoms with E-state index in [-0.39, 0.29) is 5.91 Å². The van der Waals surface area contributed by atoms with Crippen LogP contribution in [0.15, 0.2) is 54.6 Å². The van der Waals surface area contributed by atoms with Crippen LogP contribution in [0.4, 0.5) is 5.69 Å². The summed E-state index contributed by atoms with van der Waals surface area (Å²) in [4.78, 5) is 14.3. The van der Waals surface area contributed by atoms with Crippen LogP contribution in [-0.4, -0.2) is 12.5 Å². The Kier molecular flexibility index (Phi) is 4.80. The van der Waals surface area contributed by atoms with Crippen molar-refractivity contribution in [2.75, 3.05) is 11.4 Å². The van der Waals surface area contributed by atoms with E-state index in [9.17, 15) is 4.79 Å². The second kappa shape index (κ2) is 6.58. The molecule has 0 aliphatic heterocycles. The van der Waals surface area contributed by atoms with Gasteiger partial charge in [-0.05, 0) is 31.5 Å². The minimum atomic E-state index is -0.655. The van der Waals surface area contributed by atoms with Gasteiger partial charge in [-0.2, -0.15) is 0 Å². The van der Waals surface area contributed by atoms with Crippen LogP contribution in [0.1, 0.15) is 23.4 Å². The van der Waals surface area contributed by atoms with Gasteiger partial charge in [0, 0.05) is 12.2 Å². The fraction of sp³-hybridized carbons (Fsp3) is 0.235. The smallest absolute Gasteiger partial charge is 0.249 e. The van der Waals surface area contributed by atoms with E-state index in [1.54, 1.807) is 4.90 Å². The number of carbonyl (C=O) groups is 1. The summed E-state index contributed by atoms with van der Waals surface area (Å²) < 4.78 is 0. The molecule has 0 aliphatic rings. The fourth-order valence-electron chi connectivity index (χ4n) is 2.09. The van der Waals surface area contributed by atoms with Crippen LogP contribution in [0.25, 0.3) is 0 Å². The maximum absolute atomic E-state index is 12.6. The molecule has 0 N–H and O–H groups in total. The van der Waals surface area contributed by atoms with E-state index in [1.165, 1.54) is 5.56 Å². The van der Waals surface area contributed by atoms with Crippen molar-refractivity contribution in [2.24, 2.45) is 0 Å². The third kappa shape index (κ3) is 3.20. The zero-order chi connectivity index (χ0) is 14.5. The Morgan fingerprint density at radius 2 is 1.70 bits per heavy atom. The van der Waals surface area contributed by atoms with Gasteiger partial charge < -0.3 is 4.90 Å². The van der Waals surface area contributed by atoms with Crippen LogP contribution in [-0.2, 0) is 4.79 Å². The Hall–Kier alpha value is -1.80. The highest BCUT2D eigenvalue weighted by atomic mass is 35.5. The highest BCUT2D eigenvalue weighted by molar-refractivity contribution is 6.32. The van der Waals surface area contributed by atoms with Crippen molar-refractivity contribution >= 4 is 23.2 Å². The highest BCUT2D eigenvalue weighted by Crippen LogP contribution is 2.26. The van der Waals surface area contributed by atoms with Gasteiger partial charge >= 0.3 is 0 Å². The van der Waals surface area contributed by atoms with Crippen molar-refractivity contribution in [1.29, 1.82) is 0 Å². The normalized spacial score (nSPS) is 11.9. The van der Waals surface area contributed by atoms with Crippen LogP contribution in [0.2, 0.25) is 0 Å². The quantitative estimate of drug-likeness (QED) is 0.767. The van der Waals surface area contributed by atoms with Gasteiger partial charge in [-0.15, -0.1) is 11.6 Å². The van der Waals surface area contributed by atoms with E-state index in [2.05, 4.69) is 0 Å². The van der Waals surface area contributed by atoms with Crippen LogP contribution >= 0.6 is 11.6 Å². The Morgan fingerprint density at radius 1 is 1.10 bits per heavy atom. The SMILES string of the molecule is CCN(C(=O)C(Cl)c1ccccc1)c1ccc(C)cc1. The summed E-state index contributed by atoms with van der Waals surface area (Å²) >= 11 is 6.32. The summed E-state index contributed by atoms with van der Waals surface area (Å²) in [5.41, 5.74) is 2.87. The monoisotopic (exact) mass is 287 g/mol. The van der Waals surface area contributed by atoms with Crippen molar-refractivity contribution in [3.8, 4) is 0 Å². The predicted octanol–water partition coefficient (Wildman–Crippen LogP) is 4.33. The molecule has 0 saturated heterocycles. The molecule has 20 heavy (non-hydrogen) atoms. The minimum Gasteiger partial charge on any atom is -0.311 e. The predicted molar refractivity (Wildman–Crippen MR) is 84.2 cm³/mol. The number of benzene rings is 2. The number of aryl methyl sites for hydroxylation is 1. The molecule has 0 heterocycles. The molecule has 104 valence electrons. The Morgan fingerprint density at radius 3 is 2.25 bits per heavy atom. The van der Waals surface area contributed by atoms with Gasteiger partial charge in [0.25, 0.3) is 0 Å². The maximum Gasteiger partial charge on any atom is 0.249 e. The summed E-state index contributed by atoms with van der Waals surface area (Å²) in [7, 11) is 0. The van der Waals surface area contributed by atoms with E-state index in [4.69, 9.17) is 11.6 Å². The Labute approximate surface area is 125 Å². The molecule has 0 radical (unpaired) electrons. The fourth-order valence-corrected chi connectivity index (χ4v) is 2.36. The molecule has 2 aromatic carbocycles. The van der Waals surface area contributed by atoms with Crippen molar-refractivity contribution in [2.45, 2.75) is 19.2 Å². The maximum atomic E-state index is 12.6. The van der Waals surface area contributed by atoms with Gasteiger partial charge in [-0.25, -0.2) is 0 Å². The number of anilines is 1. The molecular weight excluding hydrogens is 270 g/mol. The van der Waals surface area contributed by atoms with Crippen molar-refractivity contribution in [3.63, 3.8) is 0 Å². The second-order valence-electron chi connectivity index (χ2n) is 4.69. The second-order valence-corrected chi connectivity index (χ2v) is 5.13. The molecule has 2 rings (SSSR count). The molecule has 3 heteroatoms. The third-order valence-electron chi connectivity index (χ3n) is 3.24. The lowest BCUT2D eigenvalue weighted by Crippen LogP contribution is -2.33. The summed E-state index contributed by atoms with van der Waals surface area (Å²) in [6.45, 7) is 4.57. The molecule has 0 bridgehead atoms. The summed E-state index contributed by atoms with van der Waals surface area (Å²) in [6.07, 6.45) is 0. The molecule has 0 fully saturated rings. The molecule has 0 spiro atoms. The van der Waals surface area contributed by atoms with Crippen LogP contribution in [0, 0.1) is 6.92 Å². The number of hydrogen-bond acceptors (Lipinski definition) is 1. The number of hydrogen-bond donors (Lipinski definition) is 0. The van der Waals surface area contributed by atoms with Gasteiger partial charge in [-0.3, -0.25) is 4.79 Å². The summed E-state index contributed by atoms with van der Waals surface area (Å²) in [6, 6.07) is 17.3. The summed E-state index contributed by atoms with van der Waals surface area (Å²) in [5, 5.41) is -0.655. The third-order valence-corrected chi connectivity index (χ3v) is 3.68. The lowest BCUT2D eigenvalue weighted by atomic mass is 10.1. The molecule has 2 aromatic rings. The molecule has 1 atom stereocenters. The lowest BCUT2D eigenvalue weighted by Gasteiger charge is -2.24. The number of likely N-dealkylation sites (N-methyl/N-ethyl adjacent to an activating group) is 1. The number of nitrogens with zero attached hydrogens (tertiary/aromatic N) is 1. The van der Waals surface area contributed by atoms with E-state index in [0.717, 1.165) is 11.3 Å². The Bertz CT molecular complexity index is 565. The first-order valence-electron chi connectivity index (χ1n) is 6.70. The minimum absolute atomic E-state index is 0.0933. The van der Waals surface area contributed by atoms with Crippen molar-refractivity contribution < 1.29 is 4.79 Å². The molecule has 0 aliphatic carbocycles. The number of carbonyl (C=O) groups excluding carboxylic acids is 1. The first kappa shape index (κ1) is 14.6. The zero-order valence-corrected chi connectivity index (χ0v) is 12.5. The van der Waals surface area contributed by atoms with Gasteiger partial charge in [0.2, 0.25) is 5.91 Å². The van der Waals surface area contributed by atoms with Gasteiger partial charge in [0.15, 0.2) is 0 Å². The van der Waals surface area contributed by atoms with Gasteiger partial charge in [0.05, 0.1) is 0 Å². The number of halogens is 1. The van der Waals surface area contributed by atoms with Crippen molar-refractivity contribution in [1.82, 2.24) is 0 Å². The van der Waals surface area contributed by atoms with Gasteiger partial charge in [0.1, 0.15) is 5.38 Å². The summed E-state index contributed by atoms with van der Waals surface area (Å²) in [5.74, 6) is -0.0933. The topological polar surface area (TPSA) is 20.3 Å². The Balaban J connectivity index is 2.23. The van der Waals surface area contributed by atoms with E-state index in [0.29, 0.717) is 6.54 Å². The van der Waals surface area contributed by atoms with Crippen LogP contribution < -0.4 is 4.90 Å². The van der Waals surface area contributed by atoms with E-state index >= 15 is 0 Å². The first-order chi connectivity index (χ1) is 9.63. The van der Waals surface area contributed by atoms with E-state index in [1.807, 2.05) is 68.4 Å². The van der Waals surface area contributed by atoms with E-state index < -0.39 is 5.38 Å². The van der Waals surface area contributed by atoms with Gasteiger partial charge in [-0.1, -0.05) is 48.0 Å². The standard InChI is InChI=1S/C17H18ClNO/c1-3-19(15-11-9-13(2)10-12-15)17(20)16(18)14-7-5-4-6-8-14/h4-12,16H,3H2,1-2H3. The van der Waals surface area contributed by atoms with Crippen LogP contribution in [0.5, 0.6) is 0 Å². The average molecular weight is 288 g/mol. The first-order valence-corrected chi connectivity index (χ1v) is 7.14. The molecule has 0 saturated carbocycles. The molecule has 1 amide bonds. The molecular formula is C17H18ClNO. The number of amides is 1. The highest BCUT2D eigenvalue weighted by Gasteiger charge is 2.23. The molecule has 2 nitrogen and oxygen atoms in total. The number of alkyl halides is 1. The molecule has 0 aromatic heterocycles.